The molecule has 0 atom stereocenters. The molecular weight excluding hydrogens is 385 g/mol. The van der Waals surface area contributed by atoms with E-state index in [1.54, 1.807) is 6.07 Å². The summed E-state index contributed by atoms with van der Waals surface area (Å²) in [6.45, 7) is 1.78. The van der Waals surface area contributed by atoms with Crippen LogP contribution in [0.1, 0.15) is 16.8 Å². The average molecular weight is 409 g/mol. The van der Waals surface area contributed by atoms with Crippen molar-refractivity contribution >= 4 is 28.7 Å². The van der Waals surface area contributed by atoms with Crippen LogP contribution in [-0.2, 0) is 0 Å². The molecule has 3 aromatic rings. The summed E-state index contributed by atoms with van der Waals surface area (Å²) < 4.78 is 13.1. The lowest BCUT2D eigenvalue weighted by atomic mass is 10.2. The van der Waals surface area contributed by atoms with Gasteiger partial charge in [0.25, 0.3) is 5.91 Å². The number of pyridine rings is 1. The first-order chi connectivity index (χ1) is 14.6. The lowest BCUT2D eigenvalue weighted by Gasteiger charge is -2.10. The van der Waals surface area contributed by atoms with Crippen molar-refractivity contribution in [2.75, 3.05) is 31.5 Å². The molecule has 1 heterocycles. The van der Waals surface area contributed by atoms with Gasteiger partial charge in [0.15, 0.2) is 0 Å². The van der Waals surface area contributed by atoms with Gasteiger partial charge in [-0.2, -0.15) is 0 Å². The Bertz CT molecular complexity index is 1010. The minimum atomic E-state index is -0.452. The maximum Gasteiger partial charge on any atom is 0.314 e. The molecule has 0 radical (unpaired) electrons. The number of rotatable bonds is 9. The van der Waals surface area contributed by atoms with Crippen LogP contribution in [-0.4, -0.2) is 43.1 Å². The number of anilines is 1. The Labute approximate surface area is 174 Å². The van der Waals surface area contributed by atoms with Crippen LogP contribution < -0.4 is 21.3 Å². The number of halogens is 1. The van der Waals surface area contributed by atoms with E-state index in [0.717, 1.165) is 16.7 Å². The topological polar surface area (TPSA) is 95.2 Å². The highest BCUT2D eigenvalue weighted by Gasteiger charge is 2.05. The van der Waals surface area contributed by atoms with Gasteiger partial charge in [0.2, 0.25) is 0 Å². The number of para-hydroxylation sites is 1. The van der Waals surface area contributed by atoms with E-state index in [9.17, 15) is 14.0 Å². The summed E-state index contributed by atoms with van der Waals surface area (Å²) in [6.07, 6.45) is 0.563. The molecule has 0 bridgehead atoms. The molecule has 0 unspecified atom stereocenters. The summed E-state index contributed by atoms with van der Waals surface area (Å²) in [5, 5.41) is 12.4. The van der Waals surface area contributed by atoms with Gasteiger partial charge in [0, 0.05) is 37.1 Å². The van der Waals surface area contributed by atoms with E-state index >= 15 is 0 Å². The molecule has 3 amide bonds. The lowest BCUT2D eigenvalue weighted by molar-refractivity contribution is 0.0953. The highest BCUT2D eigenvalue weighted by molar-refractivity contribution is 5.94. The number of fused-ring (bicyclic) bond motifs is 1. The largest absolute Gasteiger partial charge is 0.368 e. The Morgan fingerprint density at radius 1 is 0.833 bits per heavy atom. The second-order valence-corrected chi connectivity index (χ2v) is 6.62. The molecule has 156 valence electrons. The van der Waals surface area contributed by atoms with Crippen molar-refractivity contribution < 1.29 is 14.0 Å². The Morgan fingerprint density at radius 3 is 2.50 bits per heavy atom. The van der Waals surface area contributed by atoms with E-state index < -0.39 is 5.82 Å². The molecule has 0 aliphatic rings. The zero-order valence-corrected chi connectivity index (χ0v) is 16.5. The predicted molar refractivity (Wildman–Crippen MR) is 115 cm³/mol. The minimum absolute atomic E-state index is 0.272. The van der Waals surface area contributed by atoms with E-state index in [4.69, 9.17) is 0 Å². The number of aromatic nitrogens is 1. The minimum Gasteiger partial charge on any atom is -0.368 e. The van der Waals surface area contributed by atoms with E-state index in [1.807, 2.05) is 36.4 Å². The summed E-state index contributed by atoms with van der Waals surface area (Å²) in [7, 11) is 0. The summed E-state index contributed by atoms with van der Waals surface area (Å²) in [6, 6.07) is 17.0. The molecular formula is C22H24FN5O2. The second kappa shape index (κ2) is 10.8. The van der Waals surface area contributed by atoms with Crippen LogP contribution >= 0.6 is 0 Å². The maximum absolute atomic E-state index is 13.1. The van der Waals surface area contributed by atoms with Crippen molar-refractivity contribution in [2.45, 2.75) is 6.42 Å². The third kappa shape index (κ3) is 6.44. The van der Waals surface area contributed by atoms with Gasteiger partial charge in [0.1, 0.15) is 11.6 Å². The molecule has 0 saturated heterocycles. The summed E-state index contributed by atoms with van der Waals surface area (Å²) in [5.41, 5.74) is 1.19. The number of carbonyl (C=O) groups excluding carboxylic acids is 2. The number of carbonyl (C=O) groups is 2. The standard InChI is InChI=1S/C22H24FN5O2/c23-18-7-3-6-17(15-18)21(29)25-11-4-12-26-22(30)27-14-13-24-20-10-9-16-5-1-2-8-19(16)28-20/h1-3,5-10,15H,4,11-14H2,(H,24,28)(H,25,29)(H2,26,27,30). The second-order valence-electron chi connectivity index (χ2n) is 6.62. The Hall–Kier alpha value is -3.68. The molecule has 7 nitrogen and oxygen atoms in total. The molecule has 0 spiro atoms. The van der Waals surface area contributed by atoms with Crippen molar-refractivity contribution in [1.82, 2.24) is 20.9 Å². The number of nitrogens with one attached hydrogen (secondary N) is 4. The SMILES string of the molecule is O=C(NCCCNC(=O)c1cccc(F)c1)NCCNc1ccc2ccccc2n1. The highest BCUT2D eigenvalue weighted by atomic mass is 19.1. The third-order valence-electron chi connectivity index (χ3n) is 4.33. The van der Waals surface area contributed by atoms with Gasteiger partial charge >= 0.3 is 6.03 Å². The van der Waals surface area contributed by atoms with Crippen molar-refractivity contribution in [1.29, 1.82) is 0 Å². The fraction of sp³-hybridized carbons (Fsp3) is 0.227. The zero-order valence-electron chi connectivity index (χ0n) is 16.5. The summed E-state index contributed by atoms with van der Waals surface area (Å²) in [4.78, 5) is 28.2. The molecule has 2 aromatic carbocycles. The maximum atomic E-state index is 13.1. The number of urea groups is 1. The van der Waals surface area contributed by atoms with Gasteiger partial charge in [0.05, 0.1) is 5.52 Å². The van der Waals surface area contributed by atoms with Crippen molar-refractivity contribution in [2.24, 2.45) is 0 Å². The first kappa shape index (κ1) is 21.0. The van der Waals surface area contributed by atoms with Gasteiger partial charge in [-0.15, -0.1) is 0 Å². The van der Waals surface area contributed by atoms with Crippen LogP contribution in [0.15, 0.2) is 60.7 Å². The van der Waals surface area contributed by atoms with Gasteiger partial charge in [-0.25, -0.2) is 14.2 Å². The lowest BCUT2D eigenvalue weighted by Crippen LogP contribution is -2.39. The molecule has 4 N–H and O–H groups in total. The van der Waals surface area contributed by atoms with Crippen LogP contribution in [0, 0.1) is 5.82 Å². The molecule has 0 aliphatic carbocycles. The smallest absolute Gasteiger partial charge is 0.314 e. The van der Waals surface area contributed by atoms with Gasteiger partial charge in [-0.1, -0.05) is 24.3 Å². The van der Waals surface area contributed by atoms with Crippen LogP contribution in [0.25, 0.3) is 10.9 Å². The van der Waals surface area contributed by atoms with E-state index in [-0.39, 0.29) is 17.5 Å². The van der Waals surface area contributed by atoms with Gasteiger partial charge in [-0.3, -0.25) is 4.79 Å². The molecule has 30 heavy (non-hydrogen) atoms. The molecule has 1 aromatic heterocycles. The summed E-state index contributed by atoms with van der Waals surface area (Å²) >= 11 is 0. The Kier molecular flexibility index (Phi) is 7.54. The van der Waals surface area contributed by atoms with E-state index in [2.05, 4.69) is 26.3 Å². The quantitative estimate of drug-likeness (QED) is 0.409. The van der Waals surface area contributed by atoms with Crippen LogP contribution in [0.2, 0.25) is 0 Å². The molecule has 3 rings (SSSR count). The highest BCUT2D eigenvalue weighted by Crippen LogP contribution is 2.14. The predicted octanol–water partition coefficient (Wildman–Crippen LogP) is 2.91. The summed E-state index contributed by atoms with van der Waals surface area (Å²) in [5.74, 6) is -0.0378. The molecule has 0 saturated carbocycles. The van der Waals surface area contributed by atoms with Crippen molar-refractivity contribution in [3.8, 4) is 0 Å². The first-order valence-electron chi connectivity index (χ1n) is 9.77. The Morgan fingerprint density at radius 2 is 1.63 bits per heavy atom. The molecule has 8 heteroatoms. The zero-order chi connectivity index (χ0) is 21.2. The van der Waals surface area contributed by atoms with Gasteiger partial charge in [-0.05, 0) is 42.8 Å². The Balaban J connectivity index is 1.25. The van der Waals surface area contributed by atoms with E-state index in [1.165, 1.54) is 18.2 Å². The van der Waals surface area contributed by atoms with E-state index in [0.29, 0.717) is 32.6 Å². The van der Waals surface area contributed by atoms with Gasteiger partial charge < -0.3 is 21.3 Å². The number of benzene rings is 2. The average Bonchev–Trinajstić information content (AvgIpc) is 2.76. The number of nitrogens with zero attached hydrogens (tertiary/aromatic N) is 1. The fourth-order valence-electron chi connectivity index (χ4n) is 2.82. The monoisotopic (exact) mass is 409 g/mol. The van der Waals surface area contributed by atoms with Crippen LogP contribution in [0.5, 0.6) is 0 Å². The third-order valence-corrected chi connectivity index (χ3v) is 4.33. The van der Waals surface area contributed by atoms with Crippen LogP contribution in [0.4, 0.5) is 15.0 Å². The van der Waals surface area contributed by atoms with Crippen molar-refractivity contribution in [3.63, 3.8) is 0 Å². The van der Waals surface area contributed by atoms with Crippen molar-refractivity contribution in [3.05, 3.63) is 72.0 Å². The van der Waals surface area contributed by atoms with Crippen LogP contribution in [0.3, 0.4) is 0 Å². The number of hydrogen-bond acceptors (Lipinski definition) is 4. The molecule has 0 aliphatic heterocycles. The first-order valence-corrected chi connectivity index (χ1v) is 9.77. The normalized spacial score (nSPS) is 10.4. The molecule has 0 fully saturated rings. The fourth-order valence-corrected chi connectivity index (χ4v) is 2.82. The number of hydrogen-bond donors (Lipinski definition) is 4. The number of amides is 3.